The highest BCUT2D eigenvalue weighted by molar-refractivity contribution is 5.85. The molecule has 2 rings (SSSR count). The van der Waals surface area contributed by atoms with Crippen molar-refractivity contribution in [1.29, 1.82) is 0 Å². The number of carbonyl (C=O) groups is 1. The van der Waals surface area contributed by atoms with Crippen LogP contribution in [0.5, 0.6) is 11.5 Å². The number of rotatable bonds is 8. The van der Waals surface area contributed by atoms with Crippen LogP contribution in [0.1, 0.15) is 10.5 Å². The summed E-state index contributed by atoms with van der Waals surface area (Å²) < 4.78 is 10.4. The normalized spacial score (nSPS) is 10.0. The van der Waals surface area contributed by atoms with Gasteiger partial charge >= 0.3 is 5.97 Å². The van der Waals surface area contributed by atoms with Gasteiger partial charge in [-0.2, -0.15) is 0 Å². The zero-order valence-corrected chi connectivity index (χ0v) is 13.0. The van der Waals surface area contributed by atoms with E-state index in [2.05, 4.69) is 15.6 Å². The summed E-state index contributed by atoms with van der Waals surface area (Å²) in [6.45, 7) is 1.20. The first-order chi connectivity index (χ1) is 11.1. The Kier molecular flexibility index (Phi) is 5.62. The van der Waals surface area contributed by atoms with Crippen molar-refractivity contribution in [2.75, 3.05) is 37.9 Å². The monoisotopic (exact) mass is 317 g/mol. The molecule has 1 aromatic carbocycles. The zero-order valence-electron chi connectivity index (χ0n) is 13.0. The van der Waals surface area contributed by atoms with Crippen LogP contribution in [0.4, 0.5) is 11.5 Å². The van der Waals surface area contributed by atoms with Crippen molar-refractivity contribution in [1.82, 2.24) is 4.98 Å². The summed E-state index contributed by atoms with van der Waals surface area (Å²) in [4.78, 5) is 14.9. The van der Waals surface area contributed by atoms with Gasteiger partial charge in [0.05, 0.1) is 14.2 Å². The smallest absolute Gasteiger partial charge is 0.354 e. The Morgan fingerprint density at radius 1 is 1.09 bits per heavy atom. The second kappa shape index (κ2) is 7.88. The Labute approximate surface area is 134 Å². The second-order valence-electron chi connectivity index (χ2n) is 4.67. The molecule has 122 valence electrons. The number of hydrogen-bond acceptors (Lipinski definition) is 6. The molecule has 0 amide bonds. The number of carboxylic acid groups (broad SMARTS) is 1. The minimum absolute atomic E-state index is 0.0143. The van der Waals surface area contributed by atoms with Crippen molar-refractivity contribution in [3.8, 4) is 11.5 Å². The summed E-state index contributed by atoms with van der Waals surface area (Å²) in [5.74, 6) is 0.886. The van der Waals surface area contributed by atoms with Crippen molar-refractivity contribution in [3.05, 3.63) is 42.1 Å². The van der Waals surface area contributed by atoms with E-state index < -0.39 is 5.97 Å². The molecule has 7 heteroatoms. The fraction of sp³-hybridized carbons (Fsp3) is 0.250. The third-order valence-electron chi connectivity index (χ3n) is 3.08. The molecule has 0 spiro atoms. The van der Waals surface area contributed by atoms with E-state index in [-0.39, 0.29) is 5.69 Å². The van der Waals surface area contributed by atoms with Gasteiger partial charge in [-0.3, -0.25) is 0 Å². The van der Waals surface area contributed by atoms with Crippen molar-refractivity contribution >= 4 is 17.5 Å². The summed E-state index contributed by atoms with van der Waals surface area (Å²) in [6.07, 6.45) is 0. The molecule has 0 unspecified atom stereocenters. The van der Waals surface area contributed by atoms with Crippen molar-refractivity contribution in [2.24, 2.45) is 0 Å². The SMILES string of the molecule is COc1cc(NCCNc2cccc(C(=O)O)n2)cc(OC)c1. The van der Waals surface area contributed by atoms with Crippen molar-refractivity contribution in [2.45, 2.75) is 0 Å². The average Bonchev–Trinajstić information content (AvgIpc) is 2.58. The molecule has 0 aliphatic carbocycles. The summed E-state index contributed by atoms with van der Waals surface area (Å²) in [5, 5.41) is 15.2. The Morgan fingerprint density at radius 2 is 1.74 bits per heavy atom. The second-order valence-corrected chi connectivity index (χ2v) is 4.67. The molecule has 0 saturated heterocycles. The largest absolute Gasteiger partial charge is 0.497 e. The van der Waals surface area contributed by atoms with Crippen LogP contribution in [0, 0.1) is 0 Å². The number of methoxy groups -OCH3 is 2. The van der Waals surface area contributed by atoms with Gasteiger partial charge in [0.15, 0.2) is 5.69 Å². The molecule has 3 N–H and O–H groups in total. The first-order valence-corrected chi connectivity index (χ1v) is 7.03. The molecule has 0 fully saturated rings. The highest BCUT2D eigenvalue weighted by atomic mass is 16.5. The number of ether oxygens (including phenoxy) is 2. The number of anilines is 2. The van der Waals surface area contributed by atoms with Gasteiger partial charge in [-0.15, -0.1) is 0 Å². The average molecular weight is 317 g/mol. The van der Waals surface area contributed by atoms with E-state index in [4.69, 9.17) is 14.6 Å². The highest BCUT2D eigenvalue weighted by Crippen LogP contribution is 2.25. The third-order valence-corrected chi connectivity index (χ3v) is 3.08. The van der Waals surface area contributed by atoms with E-state index in [1.807, 2.05) is 12.1 Å². The zero-order chi connectivity index (χ0) is 16.7. The lowest BCUT2D eigenvalue weighted by Crippen LogP contribution is -2.15. The molecule has 0 atom stereocenters. The molecule has 0 aliphatic heterocycles. The van der Waals surface area contributed by atoms with Gasteiger partial charge in [-0.05, 0) is 12.1 Å². The number of nitrogens with one attached hydrogen (secondary N) is 2. The minimum atomic E-state index is -1.05. The Bertz CT molecular complexity index is 654. The first kappa shape index (κ1) is 16.4. The number of aromatic nitrogens is 1. The van der Waals surface area contributed by atoms with Crippen molar-refractivity contribution < 1.29 is 19.4 Å². The Balaban J connectivity index is 1.88. The highest BCUT2D eigenvalue weighted by Gasteiger charge is 2.05. The van der Waals surface area contributed by atoms with E-state index >= 15 is 0 Å². The van der Waals surface area contributed by atoms with E-state index in [0.717, 1.165) is 5.69 Å². The molecule has 0 saturated carbocycles. The predicted molar refractivity (Wildman–Crippen MR) is 87.7 cm³/mol. The summed E-state index contributed by atoms with van der Waals surface area (Å²) >= 11 is 0. The van der Waals surface area contributed by atoms with Crippen LogP contribution < -0.4 is 20.1 Å². The van der Waals surface area contributed by atoms with Gasteiger partial charge < -0.3 is 25.2 Å². The number of carboxylic acids is 1. The third kappa shape index (κ3) is 4.77. The molecule has 2 aromatic rings. The lowest BCUT2D eigenvalue weighted by Gasteiger charge is -2.11. The maximum Gasteiger partial charge on any atom is 0.354 e. The maximum atomic E-state index is 10.9. The van der Waals surface area contributed by atoms with Crippen molar-refractivity contribution in [3.63, 3.8) is 0 Å². The quantitative estimate of drug-likeness (QED) is 0.643. The molecule has 0 aliphatic rings. The van der Waals surface area contributed by atoms with Crippen LogP contribution in [-0.4, -0.2) is 43.4 Å². The number of benzene rings is 1. The molecule has 0 bridgehead atoms. The number of pyridine rings is 1. The summed E-state index contributed by atoms with van der Waals surface area (Å²) in [5.41, 5.74) is 0.885. The van der Waals surface area contributed by atoms with Crippen LogP contribution in [-0.2, 0) is 0 Å². The standard InChI is InChI=1S/C16H19N3O4/c1-22-12-8-11(9-13(10-12)23-2)17-6-7-18-15-5-3-4-14(19-15)16(20)21/h3-5,8-10,17H,6-7H2,1-2H3,(H,18,19)(H,20,21). The Hall–Kier alpha value is -2.96. The number of hydrogen-bond donors (Lipinski definition) is 3. The minimum Gasteiger partial charge on any atom is -0.497 e. The molecular weight excluding hydrogens is 298 g/mol. The van der Waals surface area contributed by atoms with Gasteiger partial charge in [0.1, 0.15) is 17.3 Å². The maximum absolute atomic E-state index is 10.9. The van der Waals surface area contributed by atoms with Gasteiger partial charge in [0.25, 0.3) is 0 Å². The topological polar surface area (TPSA) is 92.7 Å². The molecule has 1 heterocycles. The van der Waals surface area contributed by atoms with Crippen LogP contribution in [0.15, 0.2) is 36.4 Å². The fourth-order valence-corrected chi connectivity index (χ4v) is 1.96. The van der Waals surface area contributed by atoms with E-state index in [1.165, 1.54) is 6.07 Å². The molecule has 1 aromatic heterocycles. The number of aromatic carboxylic acids is 1. The van der Waals surface area contributed by atoms with E-state index in [1.54, 1.807) is 32.4 Å². The van der Waals surface area contributed by atoms with Gasteiger partial charge in [0.2, 0.25) is 0 Å². The lowest BCUT2D eigenvalue weighted by atomic mass is 10.2. The molecule has 7 nitrogen and oxygen atoms in total. The lowest BCUT2D eigenvalue weighted by molar-refractivity contribution is 0.0690. The first-order valence-electron chi connectivity index (χ1n) is 7.03. The van der Waals surface area contributed by atoms with Gasteiger partial charge in [-0.25, -0.2) is 9.78 Å². The van der Waals surface area contributed by atoms with Gasteiger partial charge in [0, 0.05) is 37.0 Å². The molecule has 0 radical (unpaired) electrons. The molecular formula is C16H19N3O4. The van der Waals surface area contributed by atoms with Crippen LogP contribution in [0.3, 0.4) is 0 Å². The Morgan fingerprint density at radius 3 is 2.35 bits per heavy atom. The van der Waals surface area contributed by atoms with E-state index in [0.29, 0.717) is 30.4 Å². The van der Waals surface area contributed by atoms with Crippen LogP contribution in [0.2, 0.25) is 0 Å². The number of nitrogens with zero attached hydrogens (tertiary/aromatic N) is 1. The fourth-order valence-electron chi connectivity index (χ4n) is 1.96. The van der Waals surface area contributed by atoms with E-state index in [9.17, 15) is 4.79 Å². The summed E-state index contributed by atoms with van der Waals surface area (Å²) in [7, 11) is 3.20. The van der Waals surface area contributed by atoms with Crippen LogP contribution >= 0.6 is 0 Å². The predicted octanol–water partition coefficient (Wildman–Crippen LogP) is 2.32. The van der Waals surface area contributed by atoms with Gasteiger partial charge in [-0.1, -0.05) is 6.07 Å². The van der Waals surface area contributed by atoms with Crippen LogP contribution in [0.25, 0.3) is 0 Å². The summed E-state index contributed by atoms with van der Waals surface area (Å²) in [6, 6.07) is 10.4. The molecule has 23 heavy (non-hydrogen) atoms.